The van der Waals surface area contributed by atoms with E-state index in [2.05, 4.69) is 43.3 Å². The molecule has 0 bridgehead atoms. The van der Waals surface area contributed by atoms with Gasteiger partial charge in [-0.3, -0.25) is 0 Å². The van der Waals surface area contributed by atoms with Crippen molar-refractivity contribution in [2.45, 2.75) is 32.2 Å². The van der Waals surface area contributed by atoms with Gasteiger partial charge in [0.2, 0.25) is 0 Å². The molecule has 0 spiro atoms. The van der Waals surface area contributed by atoms with Gasteiger partial charge in [-0.25, -0.2) is 0 Å². The van der Waals surface area contributed by atoms with Gasteiger partial charge in [-0.1, -0.05) is 36.4 Å². The van der Waals surface area contributed by atoms with E-state index in [9.17, 15) is 0 Å². The van der Waals surface area contributed by atoms with Crippen LogP contribution < -0.4 is 10.5 Å². The molecule has 2 aromatic carbocycles. The van der Waals surface area contributed by atoms with Gasteiger partial charge < -0.3 is 10.5 Å². The molecule has 0 radical (unpaired) electrons. The molecule has 0 saturated carbocycles. The van der Waals surface area contributed by atoms with Gasteiger partial charge in [0.1, 0.15) is 5.75 Å². The Morgan fingerprint density at radius 1 is 1.25 bits per heavy atom. The predicted octanol–water partition coefficient (Wildman–Crippen LogP) is 3.73. The number of hydrogen-bond acceptors (Lipinski definition) is 2. The highest BCUT2D eigenvalue weighted by atomic mass is 16.5. The van der Waals surface area contributed by atoms with Crippen molar-refractivity contribution >= 4 is 0 Å². The summed E-state index contributed by atoms with van der Waals surface area (Å²) in [6, 6.07) is 14.9. The molecule has 0 aromatic heterocycles. The van der Waals surface area contributed by atoms with Gasteiger partial charge in [0, 0.05) is 12.0 Å². The lowest BCUT2D eigenvalue weighted by molar-refractivity contribution is 0.273. The van der Waals surface area contributed by atoms with Crippen LogP contribution >= 0.6 is 0 Å². The van der Waals surface area contributed by atoms with Crippen LogP contribution in [0.4, 0.5) is 0 Å². The van der Waals surface area contributed by atoms with Crippen LogP contribution in [0.3, 0.4) is 0 Å². The Morgan fingerprint density at radius 3 is 2.75 bits per heavy atom. The minimum Gasteiger partial charge on any atom is -0.493 e. The molecule has 1 aliphatic carbocycles. The van der Waals surface area contributed by atoms with Gasteiger partial charge in [0.05, 0.1) is 6.61 Å². The van der Waals surface area contributed by atoms with Crippen LogP contribution in [0.25, 0.3) is 0 Å². The van der Waals surface area contributed by atoms with Crippen molar-refractivity contribution in [1.82, 2.24) is 0 Å². The smallest absolute Gasteiger partial charge is 0.122 e. The summed E-state index contributed by atoms with van der Waals surface area (Å²) >= 11 is 0. The van der Waals surface area contributed by atoms with Crippen molar-refractivity contribution < 1.29 is 4.74 Å². The third-order valence-electron chi connectivity index (χ3n) is 4.13. The lowest BCUT2D eigenvalue weighted by Crippen LogP contribution is -2.23. The molecule has 0 aliphatic heterocycles. The largest absolute Gasteiger partial charge is 0.493 e. The molecule has 0 amide bonds. The number of nitrogens with two attached hydrogens (primary N) is 1. The van der Waals surface area contributed by atoms with E-state index in [0.29, 0.717) is 5.92 Å². The molecule has 1 unspecified atom stereocenters. The highest BCUT2D eigenvalue weighted by molar-refractivity contribution is 5.41. The Labute approximate surface area is 120 Å². The number of hydrogen-bond donors (Lipinski definition) is 1. The average Bonchev–Trinajstić information content (AvgIpc) is 2.41. The van der Waals surface area contributed by atoms with E-state index >= 15 is 0 Å². The fourth-order valence-electron chi connectivity index (χ4n) is 2.82. The summed E-state index contributed by atoms with van der Waals surface area (Å²) in [5.74, 6) is 1.51. The summed E-state index contributed by atoms with van der Waals surface area (Å²) in [4.78, 5) is 0. The summed E-state index contributed by atoms with van der Waals surface area (Å²) in [5.41, 5.74) is 11.1. The van der Waals surface area contributed by atoms with Crippen LogP contribution in [0.5, 0.6) is 5.75 Å². The summed E-state index contributed by atoms with van der Waals surface area (Å²) in [6.07, 6.45) is 1.13. The third kappa shape index (κ3) is 2.44. The minimum atomic E-state index is 0.0706. The van der Waals surface area contributed by atoms with Crippen LogP contribution in [0.1, 0.15) is 41.1 Å². The van der Waals surface area contributed by atoms with Crippen LogP contribution in [-0.2, 0) is 6.42 Å². The molecule has 2 nitrogen and oxygen atoms in total. The van der Waals surface area contributed by atoms with Gasteiger partial charge in [0.15, 0.2) is 0 Å². The highest BCUT2D eigenvalue weighted by Crippen LogP contribution is 2.35. The molecule has 0 fully saturated rings. The first-order valence-electron chi connectivity index (χ1n) is 7.22. The van der Waals surface area contributed by atoms with Crippen LogP contribution in [0.2, 0.25) is 0 Å². The lowest BCUT2D eigenvalue weighted by atomic mass is 9.78. The van der Waals surface area contributed by atoms with Crippen LogP contribution in [0.15, 0.2) is 42.5 Å². The van der Waals surface area contributed by atoms with E-state index in [-0.39, 0.29) is 6.04 Å². The molecule has 2 heteroatoms. The normalized spacial score (nSPS) is 18.1. The van der Waals surface area contributed by atoms with E-state index in [0.717, 1.165) is 29.9 Å². The van der Waals surface area contributed by atoms with Crippen molar-refractivity contribution in [2.75, 3.05) is 6.61 Å². The summed E-state index contributed by atoms with van der Waals surface area (Å²) < 4.78 is 5.99. The molecule has 0 saturated heterocycles. The number of benzene rings is 2. The number of fused-ring (bicyclic) bond motifs is 1. The Balaban J connectivity index is 1.65. The monoisotopic (exact) mass is 267 g/mol. The van der Waals surface area contributed by atoms with Gasteiger partial charge >= 0.3 is 0 Å². The topological polar surface area (TPSA) is 35.2 Å². The third-order valence-corrected chi connectivity index (χ3v) is 4.13. The Bertz CT molecular complexity index is 619. The second-order valence-electron chi connectivity index (χ2n) is 5.72. The summed E-state index contributed by atoms with van der Waals surface area (Å²) in [6.45, 7) is 4.84. The zero-order chi connectivity index (χ0) is 14.1. The first kappa shape index (κ1) is 13.2. The van der Waals surface area contributed by atoms with E-state index in [4.69, 9.17) is 10.5 Å². The fraction of sp³-hybridized carbons (Fsp3) is 0.333. The van der Waals surface area contributed by atoms with Gasteiger partial charge in [-0.15, -0.1) is 0 Å². The van der Waals surface area contributed by atoms with E-state index in [1.807, 2.05) is 13.0 Å². The number of rotatable bonds is 4. The second-order valence-corrected chi connectivity index (χ2v) is 5.72. The Hall–Kier alpha value is -1.80. The quantitative estimate of drug-likeness (QED) is 0.916. The molecule has 0 heterocycles. The maximum absolute atomic E-state index is 5.99. The Morgan fingerprint density at radius 2 is 2.05 bits per heavy atom. The zero-order valence-corrected chi connectivity index (χ0v) is 12.1. The second kappa shape index (κ2) is 5.29. The maximum Gasteiger partial charge on any atom is 0.122 e. The molecule has 3 rings (SSSR count). The van der Waals surface area contributed by atoms with E-state index < -0.39 is 0 Å². The summed E-state index contributed by atoms with van der Waals surface area (Å²) in [7, 11) is 0. The van der Waals surface area contributed by atoms with Gasteiger partial charge in [-0.05, 0) is 48.6 Å². The van der Waals surface area contributed by atoms with Crippen molar-refractivity contribution in [3.05, 3.63) is 64.7 Å². The van der Waals surface area contributed by atoms with Gasteiger partial charge in [0.25, 0.3) is 0 Å². The average molecular weight is 267 g/mol. The molecule has 2 aromatic rings. The minimum absolute atomic E-state index is 0.0706. The molecule has 1 aliphatic rings. The molecule has 104 valence electrons. The van der Waals surface area contributed by atoms with E-state index in [1.54, 1.807) is 0 Å². The van der Waals surface area contributed by atoms with E-state index in [1.165, 1.54) is 11.1 Å². The molecular formula is C18H21NO. The zero-order valence-electron chi connectivity index (χ0n) is 12.1. The van der Waals surface area contributed by atoms with Crippen LogP contribution in [-0.4, -0.2) is 6.61 Å². The number of aryl methyl sites for hydroxylation is 1. The van der Waals surface area contributed by atoms with Crippen molar-refractivity contribution in [3.63, 3.8) is 0 Å². The predicted molar refractivity (Wildman–Crippen MR) is 82.2 cm³/mol. The first-order valence-corrected chi connectivity index (χ1v) is 7.22. The standard InChI is InChI=1S/C18H21NO/c1-12-9-14(13(2)19)7-8-18(12)20-11-16-10-15-5-3-4-6-17(15)16/h3-9,13,16H,10-11,19H2,1-2H3/t13-,16?/m0/s1. The lowest BCUT2D eigenvalue weighted by Gasteiger charge is -2.30. The molecule has 2 atom stereocenters. The van der Waals surface area contributed by atoms with Crippen molar-refractivity contribution in [1.29, 1.82) is 0 Å². The van der Waals surface area contributed by atoms with Crippen molar-refractivity contribution in [3.8, 4) is 5.75 Å². The molecular weight excluding hydrogens is 246 g/mol. The first-order chi connectivity index (χ1) is 9.65. The highest BCUT2D eigenvalue weighted by Gasteiger charge is 2.25. The summed E-state index contributed by atoms with van der Waals surface area (Å²) in [5, 5.41) is 0. The van der Waals surface area contributed by atoms with Gasteiger partial charge in [-0.2, -0.15) is 0 Å². The molecule has 2 N–H and O–H groups in total. The van der Waals surface area contributed by atoms with Crippen LogP contribution in [0, 0.1) is 6.92 Å². The number of ether oxygens (including phenoxy) is 1. The molecule has 20 heavy (non-hydrogen) atoms. The van der Waals surface area contributed by atoms with Crippen molar-refractivity contribution in [2.24, 2.45) is 5.73 Å². The Kier molecular flexibility index (Phi) is 3.49. The SMILES string of the molecule is Cc1cc([C@H](C)N)ccc1OCC1Cc2ccccc21. The maximum atomic E-state index is 5.99. The fourth-order valence-corrected chi connectivity index (χ4v) is 2.82.